The monoisotopic (exact) mass is 418 g/mol. The van der Waals surface area contributed by atoms with Gasteiger partial charge in [-0.05, 0) is 32.7 Å². The van der Waals surface area contributed by atoms with Crippen LogP contribution in [0.2, 0.25) is 0 Å². The van der Waals surface area contributed by atoms with Crippen molar-refractivity contribution in [1.82, 2.24) is 16.0 Å². The van der Waals surface area contributed by atoms with E-state index >= 15 is 0 Å². The van der Waals surface area contributed by atoms with Crippen LogP contribution in [0.1, 0.15) is 32.6 Å². The standard InChI is InChI=1S/C16H30N6O7/c1-8(23)13(15(27)21-10(16(28)29)6-11(19)24)22-14(26)9(4-2-3-5-17)20-12(25)7-18/h8-10,13,23H,2-7,17-18H2,1H3,(H2,19,24)(H,20,25)(H,21,27)(H,22,26)(H,28,29). The van der Waals surface area contributed by atoms with Crippen molar-refractivity contribution in [1.29, 1.82) is 0 Å². The molecule has 0 aliphatic carbocycles. The zero-order chi connectivity index (χ0) is 22.6. The van der Waals surface area contributed by atoms with Crippen LogP contribution in [0, 0.1) is 0 Å². The lowest BCUT2D eigenvalue weighted by molar-refractivity contribution is -0.144. The van der Waals surface area contributed by atoms with Gasteiger partial charge in [-0.25, -0.2) is 4.79 Å². The van der Waals surface area contributed by atoms with Crippen LogP contribution in [0.15, 0.2) is 0 Å². The fourth-order valence-electron chi connectivity index (χ4n) is 2.34. The Hall–Kier alpha value is -2.77. The fraction of sp³-hybridized carbons (Fsp3) is 0.688. The SMILES string of the molecule is CC(O)C(NC(=O)C(CCCCN)NC(=O)CN)C(=O)NC(CC(N)=O)C(=O)O. The molecule has 13 heteroatoms. The van der Waals surface area contributed by atoms with Crippen LogP contribution in [0.25, 0.3) is 0 Å². The number of aliphatic carboxylic acids is 1. The smallest absolute Gasteiger partial charge is 0.326 e. The van der Waals surface area contributed by atoms with Crippen LogP contribution in [0.3, 0.4) is 0 Å². The first-order valence-corrected chi connectivity index (χ1v) is 9.02. The summed E-state index contributed by atoms with van der Waals surface area (Å²) in [7, 11) is 0. The van der Waals surface area contributed by atoms with Crippen LogP contribution >= 0.6 is 0 Å². The molecule has 0 radical (unpaired) electrons. The first-order valence-electron chi connectivity index (χ1n) is 9.02. The van der Waals surface area contributed by atoms with Gasteiger partial charge >= 0.3 is 5.97 Å². The minimum Gasteiger partial charge on any atom is -0.480 e. The molecule has 0 fully saturated rings. The summed E-state index contributed by atoms with van der Waals surface area (Å²) in [6.07, 6.45) is -0.768. The number of amides is 4. The third-order valence-electron chi connectivity index (χ3n) is 3.87. The van der Waals surface area contributed by atoms with Gasteiger partial charge in [0.15, 0.2) is 0 Å². The zero-order valence-corrected chi connectivity index (χ0v) is 16.2. The second kappa shape index (κ2) is 13.4. The third kappa shape index (κ3) is 10.4. The number of nitrogens with one attached hydrogen (secondary N) is 3. The van der Waals surface area contributed by atoms with E-state index in [2.05, 4.69) is 10.6 Å². The highest BCUT2D eigenvalue weighted by Gasteiger charge is 2.32. The van der Waals surface area contributed by atoms with Crippen LogP contribution in [-0.4, -0.2) is 77.1 Å². The molecule has 0 bridgehead atoms. The van der Waals surface area contributed by atoms with E-state index in [4.69, 9.17) is 22.3 Å². The van der Waals surface area contributed by atoms with Gasteiger partial charge in [0.2, 0.25) is 23.6 Å². The lowest BCUT2D eigenvalue weighted by Gasteiger charge is -2.25. The number of nitrogens with two attached hydrogens (primary N) is 3. The first kappa shape index (κ1) is 26.2. The second-order valence-electron chi connectivity index (χ2n) is 6.41. The molecule has 4 atom stereocenters. The maximum atomic E-state index is 12.5. The predicted molar refractivity (Wildman–Crippen MR) is 101 cm³/mol. The molecule has 166 valence electrons. The van der Waals surface area contributed by atoms with Crippen molar-refractivity contribution in [3.63, 3.8) is 0 Å². The van der Waals surface area contributed by atoms with E-state index in [-0.39, 0.29) is 13.0 Å². The van der Waals surface area contributed by atoms with Crippen molar-refractivity contribution in [3.8, 4) is 0 Å². The molecule has 0 aromatic carbocycles. The molecular weight excluding hydrogens is 388 g/mol. The Bertz CT molecular complexity index is 598. The van der Waals surface area contributed by atoms with Crippen molar-refractivity contribution < 1.29 is 34.2 Å². The van der Waals surface area contributed by atoms with Crippen molar-refractivity contribution in [2.75, 3.05) is 13.1 Å². The molecular formula is C16H30N6O7. The highest BCUT2D eigenvalue weighted by Crippen LogP contribution is 2.04. The van der Waals surface area contributed by atoms with E-state index in [9.17, 15) is 29.1 Å². The molecule has 29 heavy (non-hydrogen) atoms. The van der Waals surface area contributed by atoms with Gasteiger partial charge in [0.05, 0.1) is 19.1 Å². The number of hydrogen-bond donors (Lipinski definition) is 8. The van der Waals surface area contributed by atoms with Crippen LogP contribution in [-0.2, 0) is 24.0 Å². The van der Waals surface area contributed by atoms with E-state index < -0.39 is 60.2 Å². The molecule has 0 saturated heterocycles. The average Bonchev–Trinajstić information content (AvgIpc) is 2.63. The predicted octanol–water partition coefficient (Wildman–Crippen LogP) is -4.13. The van der Waals surface area contributed by atoms with Crippen molar-refractivity contribution in [3.05, 3.63) is 0 Å². The summed E-state index contributed by atoms with van der Waals surface area (Å²) in [5.41, 5.74) is 15.6. The number of carbonyl (C=O) groups is 5. The summed E-state index contributed by atoms with van der Waals surface area (Å²) in [6, 6.07) is -4.20. The molecule has 0 aromatic heterocycles. The molecule has 0 rings (SSSR count). The maximum absolute atomic E-state index is 12.5. The molecule has 13 nitrogen and oxygen atoms in total. The van der Waals surface area contributed by atoms with Gasteiger partial charge in [0.25, 0.3) is 0 Å². The molecule has 11 N–H and O–H groups in total. The van der Waals surface area contributed by atoms with Gasteiger partial charge in [0, 0.05) is 0 Å². The topological polar surface area (TPSA) is 240 Å². The van der Waals surface area contributed by atoms with Gasteiger partial charge in [-0.2, -0.15) is 0 Å². The van der Waals surface area contributed by atoms with E-state index in [0.29, 0.717) is 19.4 Å². The number of aliphatic hydroxyl groups is 1. The zero-order valence-electron chi connectivity index (χ0n) is 16.2. The highest BCUT2D eigenvalue weighted by atomic mass is 16.4. The Labute approximate surface area is 167 Å². The molecule has 4 unspecified atom stereocenters. The maximum Gasteiger partial charge on any atom is 0.326 e. The molecule has 0 spiro atoms. The third-order valence-corrected chi connectivity index (χ3v) is 3.87. The number of hydrogen-bond acceptors (Lipinski definition) is 8. The van der Waals surface area contributed by atoms with E-state index in [0.717, 1.165) is 0 Å². The van der Waals surface area contributed by atoms with Crippen molar-refractivity contribution in [2.45, 2.75) is 56.8 Å². The number of carboxylic acids is 1. The summed E-state index contributed by atoms with van der Waals surface area (Å²) < 4.78 is 0. The summed E-state index contributed by atoms with van der Waals surface area (Å²) in [6.45, 7) is 1.24. The average molecular weight is 418 g/mol. The molecule has 0 aliphatic heterocycles. The quantitative estimate of drug-likeness (QED) is 0.128. The van der Waals surface area contributed by atoms with Crippen molar-refractivity contribution >= 4 is 29.6 Å². The molecule has 0 aromatic rings. The van der Waals surface area contributed by atoms with Crippen LogP contribution < -0.4 is 33.2 Å². The summed E-state index contributed by atoms with van der Waals surface area (Å²) in [5.74, 6) is -4.87. The van der Waals surface area contributed by atoms with Crippen LogP contribution in [0.5, 0.6) is 0 Å². The van der Waals surface area contributed by atoms with E-state index in [1.165, 1.54) is 6.92 Å². The normalized spacial score (nSPS) is 14.8. The Morgan fingerprint density at radius 1 is 0.931 bits per heavy atom. The molecule has 0 heterocycles. The minimum atomic E-state index is -1.63. The lowest BCUT2D eigenvalue weighted by atomic mass is 10.1. The number of carbonyl (C=O) groups excluding carboxylic acids is 4. The number of rotatable bonds is 14. The van der Waals surface area contributed by atoms with Gasteiger partial charge < -0.3 is 43.4 Å². The number of unbranched alkanes of at least 4 members (excludes halogenated alkanes) is 1. The number of primary amides is 1. The minimum absolute atomic E-state index is 0.211. The number of aliphatic hydroxyl groups excluding tert-OH is 1. The van der Waals surface area contributed by atoms with Gasteiger partial charge in [0.1, 0.15) is 18.1 Å². The molecule has 4 amide bonds. The Kier molecular flexibility index (Phi) is 12.1. The summed E-state index contributed by atoms with van der Waals surface area (Å²) >= 11 is 0. The van der Waals surface area contributed by atoms with Gasteiger partial charge in [-0.3, -0.25) is 19.2 Å². The number of carboxylic acid groups (broad SMARTS) is 1. The fourth-order valence-corrected chi connectivity index (χ4v) is 2.34. The highest BCUT2D eigenvalue weighted by molar-refractivity contribution is 5.94. The van der Waals surface area contributed by atoms with Crippen molar-refractivity contribution in [2.24, 2.45) is 17.2 Å². The Balaban J connectivity index is 5.25. The van der Waals surface area contributed by atoms with E-state index in [1.54, 1.807) is 0 Å². The lowest BCUT2D eigenvalue weighted by Crippen LogP contribution is -2.59. The van der Waals surface area contributed by atoms with Gasteiger partial charge in [-0.1, -0.05) is 0 Å². The molecule has 0 saturated carbocycles. The van der Waals surface area contributed by atoms with Gasteiger partial charge in [-0.15, -0.1) is 0 Å². The Morgan fingerprint density at radius 3 is 2.00 bits per heavy atom. The second-order valence-corrected chi connectivity index (χ2v) is 6.41. The Morgan fingerprint density at radius 2 is 1.55 bits per heavy atom. The summed E-state index contributed by atoms with van der Waals surface area (Å²) in [4.78, 5) is 58.5. The van der Waals surface area contributed by atoms with E-state index in [1.807, 2.05) is 5.32 Å². The largest absolute Gasteiger partial charge is 0.480 e. The summed E-state index contributed by atoms with van der Waals surface area (Å²) in [5, 5.41) is 25.6. The molecule has 0 aliphatic rings. The first-order chi connectivity index (χ1) is 13.5. The van der Waals surface area contributed by atoms with Crippen LogP contribution in [0.4, 0.5) is 0 Å².